The van der Waals surface area contributed by atoms with Gasteiger partial charge in [-0.15, -0.1) is 0 Å². The molecule has 1 spiro atoms. The summed E-state index contributed by atoms with van der Waals surface area (Å²) in [4.78, 5) is 35.2. The fourth-order valence-corrected chi connectivity index (χ4v) is 4.99. The van der Waals surface area contributed by atoms with Crippen LogP contribution in [0.25, 0.3) is 0 Å². The molecule has 35 heavy (non-hydrogen) atoms. The van der Waals surface area contributed by atoms with Crippen molar-refractivity contribution in [3.8, 4) is 5.75 Å². The lowest BCUT2D eigenvalue weighted by Gasteiger charge is -2.44. The second kappa shape index (κ2) is 11.7. The van der Waals surface area contributed by atoms with Gasteiger partial charge in [0.15, 0.2) is 5.60 Å². The first-order chi connectivity index (χ1) is 17.0. The summed E-state index contributed by atoms with van der Waals surface area (Å²) in [5.41, 5.74) is 1.65. The van der Waals surface area contributed by atoms with Gasteiger partial charge in [0, 0.05) is 25.5 Å². The van der Waals surface area contributed by atoms with Crippen LogP contribution in [0.1, 0.15) is 60.5 Å². The summed E-state index contributed by atoms with van der Waals surface area (Å²) in [5.74, 6) is 0.784. The van der Waals surface area contributed by atoms with Crippen LogP contribution in [0, 0.1) is 6.92 Å². The molecule has 1 atom stereocenters. The topological polar surface area (TPSA) is 72.0 Å². The smallest absolute Gasteiger partial charge is 0.256 e. The molecule has 0 saturated carbocycles. The molecule has 1 aromatic carbocycles. The van der Waals surface area contributed by atoms with E-state index in [1.807, 2.05) is 36.1 Å². The lowest BCUT2D eigenvalue weighted by atomic mass is 9.90. The zero-order valence-electron chi connectivity index (χ0n) is 21.0. The predicted octanol–water partition coefficient (Wildman–Crippen LogP) is 4.04. The third-order valence-electron chi connectivity index (χ3n) is 6.92. The lowest BCUT2D eigenvalue weighted by Crippen LogP contribution is -2.62. The van der Waals surface area contributed by atoms with Gasteiger partial charge in [-0.1, -0.05) is 31.5 Å². The molecule has 2 amide bonds. The molecule has 2 aromatic rings. The number of rotatable bonds is 4. The normalized spacial score (nSPS) is 21.6. The quantitative estimate of drug-likeness (QED) is 0.662. The Balaban J connectivity index is 1.59. The Morgan fingerprint density at radius 2 is 2.00 bits per heavy atom. The molecule has 0 bridgehead atoms. The van der Waals surface area contributed by atoms with Crippen LogP contribution in [0.3, 0.4) is 0 Å². The maximum atomic E-state index is 14.0. The molecule has 7 heteroatoms. The third-order valence-corrected chi connectivity index (χ3v) is 6.92. The number of carbonyl (C=O) groups excluding carboxylic acids is 2. The van der Waals surface area contributed by atoms with Gasteiger partial charge in [0.05, 0.1) is 25.3 Å². The van der Waals surface area contributed by atoms with E-state index in [0.717, 1.165) is 43.4 Å². The standard InChI is InChI=1S/C28H37N3O4/c1-3-4-13-30-14-16-34-25-11-6-5-9-23(25)10-7-8-12-28(27(30)33)21-31(15-17-35-28)26(32)24-18-22(2)19-29-20-24/h5-6,9,11,18-20H,3-4,7-8,10,12-17,21H2,1-2H3. The summed E-state index contributed by atoms with van der Waals surface area (Å²) in [6, 6.07) is 10.0. The molecule has 0 radical (unpaired) electrons. The molecule has 4 rings (SSSR count). The van der Waals surface area contributed by atoms with Gasteiger partial charge in [-0.25, -0.2) is 0 Å². The van der Waals surface area contributed by atoms with Crippen molar-refractivity contribution in [3.63, 3.8) is 0 Å². The number of carbonyl (C=O) groups is 2. The number of unbranched alkanes of at least 4 members (excludes halogenated alkanes) is 1. The Morgan fingerprint density at radius 3 is 2.83 bits per heavy atom. The number of pyridine rings is 1. The number of amides is 2. The summed E-state index contributed by atoms with van der Waals surface area (Å²) in [6.07, 6.45) is 8.47. The fourth-order valence-electron chi connectivity index (χ4n) is 4.99. The fraction of sp³-hybridized carbons (Fsp3) is 0.536. The molecule has 0 N–H and O–H groups in total. The Hall–Kier alpha value is -2.93. The highest BCUT2D eigenvalue weighted by atomic mass is 16.5. The number of aromatic nitrogens is 1. The zero-order chi connectivity index (χ0) is 24.7. The largest absolute Gasteiger partial charge is 0.491 e. The van der Waals surface area contributed by atoms with E-state index in [4.69, 9.17) is 9.47 Å². The monoisotopic (exact) mass is 479 g/mol. The second-order valence-corrected chi connectivity index (χ2v) is 9.63. The minimum absolute atomic E-state index is 0.0247. The number of hydrogen-bond acceptors (Lipinski definition) is 5. The molecular formula is C28H37N3O4. The molecule has 0 aliphatic carbocycles. The van der Waals surface area contributed by atoms with Crippen LogP contribution in [-0.2, 0) is 16.0 Å². The van der Waals surface area contributed by atoms with E-state index in [-0.39, 0.29) is 18.4 Å². The molecule has 7 nitrogen and oxygen atoms in total. The van der Waals surface area contributed by atoms with Crippen molar-refractivity contribution in [2.24, 2.45) is 0 Å². The summed E-state index contributed by atoms with van der Waals surface area (Å²) in [7, 11) is 0. The van der Waals surface area contributed by atoms with Crippen molar-refractivity contribution in [1.82, 2.24) is 14.8 Å². The summed E-state index contributed by atoms with van der Waals surface area (Å²) >= 11 is 0. The number of morpholine rings is 1. The first-order valence-electron chi connectivity index (χ1n) is 12.9. The maximum absolute atomic E-state index is 14.0. The number of fused-ring (bicyclic) bond motifs is 1. The van der Waals surface area contributed by atoms with Gasteiger partial charge in [0.1, 0.15) is 12.4 Å². The van der Waals surface area contributed by atoms with E-state index in [1.54, 1.807) is 17.3 Å². The summed E-state index contributed by atoms with van der Waals surface area (Å²) in [5, 5.41) is 0. The number of benzene rings is 1. The van der Waals surface area contributed by atoms with Crippen molar-refractivity contribution in [2.75, 3.05) is 39.4 Å². The van der Waals surface area contributed by atoms with Crippen molar-refractivity contribution < 1.29 is 19.1 Å². The van der Waals surface area contributed by atoms with Crippen LogP contribution < -0.4 is 4.74 Å². The number of para-hydroxylation sites is 1. The second-order valence-electron chi connectivity index (χ2n) is 9.63. The molecule has 2 aliphatic heterocycles. The first-order valence-corrected chi connectivity index (χ1v) is 12.9. The van der Waals surface area contributed by atoms with Gasteiger partial charge < -0.3 is 19.3 Å². The van der Waals surface area contributed by atoms with E-state index >= 15 is 0 Å². The van der Waals surface area contributed by atoms with Crippen molar-refractivity contribution >= 4 is 11.8 Å². The Morgan fingerprint density at radius 1 is 1.14 bits per heavy atom. The van der Waals surface area contributed by atoms with Crippen molar-refractivity contribution in [3.05, 3.63) is 59.4 Å². The molecule has 3 heterocycles. The average molecular weight is 480 g/mol. The van der Waals surface area contributed by atoms with E-state index in [2.05, 4.69) is 18.0 Å². The van der Waals surface area contributed by atoms with Crippen LogP contribution >= 0.6 is 0 Å². The summed E-state index contributed by atoms with van der Waals surface area (Å²) in [6.45, 7) is 6.70. The van der Waals surface area contributed by atoms with Crippen LogP contribution in [0.4, 0.5) is 0 Å². The molecule has 1 fully saturated rings. The van der Waals surface area contributed by atoms with E-state index < -0.39 is 5.60 Å². The van der Waals surface area contributed by atoms with Crippen molar-refractivity contribution in [2.45, 2.75) is 58.0 Å². The Kier molecular flexibility index (Phi) is 8.39. The lowest BCUT2D eigenvalue weighted by molar-refractivity contribution is -0.170. The minimum Gasteiger partial charge on any atom is -0.491 e. The highest BCUT2D eigenvalue weighted by molar-refractivity contribution is 5.95. The third kappa shape index (κ3) is 6.01. The van der Waals surface area contributed by atoms with E-state index in [1.165, 1.54) is 5.56 Å². The minimum atomic E-state index is -1.03. The van der Waals surface area contributed by atoms with Crippen LogP contribution in [0.15, 0.2) is 42.7 Å². The van der Waals surface area contributed by atoms with Gasteiger partial charge in [0.25, 0.3) is 11.8 Å². The maximum Gasteiger partial charge on any atom is 0.256 e. The van der Waals surface area contributed by atoms with Crippen molar-refractivity contribution in [1.29, 1.82) is 0 Å². The SMILES string of the molecule is CCCCN1CCOc2ccccc2CCCCC2(CN(C(=O)c3cncc(C)c3)CCO2)C1=O. The van der Waals surface area contributed by atoms with Gasteiger partial charge in [0.2, 0.25) is 0 Å². The Bertz CT molecular complexity index is 1030. The molecule has 1 unspecified atom stereocenters. The number of ether oxygens (including phenoxy) is 2. The van der Waals surface area contributed by atoms with Gasteiger partial charge >= 0.3 is 0 Å². The van der Waals surface area contributed by atoms with E-state index in [9.17, 15) is 9.59 Å². The van der Waals surface area contributed by atoms with Gasteiger partial charge in [-0.2, -0.15) is 0 Å². The van der Waals surface area contributed by atoms with Crippen LogP contribution in [0.5, 0.6) is 5.75 Å². The summed E-state index contributed by atoms with van der Waals surface area (Å²) < 4.78 is 12.4. The molecule has 1 aromatic heterocycles. The number of aryl methyl sites for hydroxylation is 2. The zero-order valence-corrected chi connectivity index (χ0v) is 21.0. The molecular weight excluding hydrogens is 442 g/mol. The molecule has 1 saturated heterocycles. The predicted molar refractivity (Wildman–Crippen MR) is 135 cm³/mol. The van der Waals surface area contributed by atoms with Gasteiger partial charge in [-0.3, -0.25) is 14.6 Å². The van der Waals surface area contributed by atoms with Crippen LogP contribution in [-0.4, -0.2) is 71.6 Å². The first kappa shape index (κ1) is 25.2. The van der Waals surface area contributed by atoms with Crippen LogP contribution in [0.2, 0.25) is 0 Å². The van der Waals surface area contributed by atoms with E-state index in [0.29, 0.717) is 44.8 Å². The highest BCUT2D eigenvalue weighted by Crippen LogP contribution is 2.30. The van der Waals surface area contributed by atoms with Gasteiger partial charge in [-0.05, 0) is 62.3 Å². The number of hydrogen-bond donors (Lipinski definition) is 0. The Labute approximate surface area is 208 Å². The molecule has 188 valence electrons. The average Bonchev–Trinajstić information content (AvgIpc) is 2.88. The number of nitrogens with zero attached hydrogens (tertiary/aromatic N) is 3. The molecule has 2 aliphatic rings. The highest BCUT2D eigenvalue weighted by Gasteiger charge is 2.46.